The first kappa shape index (κ1) is 19.1. The van der Waals surface area contributed by atoms with Crippen LogP contribution in [0.3, 0.4) is 0 Å². The molecule has 2 N–H and O–H groups in total. The van der Waals surface area contributed by atoms with E-state index in [0.29, 0.717) is 5.69 Å². The van der Waals surface area contributed by atoms with Crippen molar-refractivity contribution in [3.63, 3.8) is 0 Å². The molecular formula is C19H24N2O3S. The summed E-state index contributed by atoms with van der Waals surface area (Å²) in [7, 11) is -3.59. The summed E-state index contributed by atoms with van der Waals surface area (Å²) < 4.78 is 27.0. The minimum Gasteiger partial charge on any atom is -0.325 e. The first-order chi connectivity index (χ1) is 11.8. The number of benzene rings is 2. The van der Waals surface area contributed by atoms with E-state index >= 15 is 0 Å². The lowest BCUT2D eigenvalue weighted by molar-refractivity contribution is -0.115. The molecule has 134 valence electrons. The molecule has 0 aliphatic carbocycles. The molecule has 1 amide bonds. The Kier molecular flexibility index (Phi) is 6.33. The van der Waals surface area contributed by atoms with E-state index in [2.05, 4.69) is 10.0 Å². The first-order valence-corrected chi connectivity index (χ1v) is 9.88. The van der Waals surface area contributed by atoms with Crippen LogP contribution in [0.2, 0.25) is 0 Å². The van der Waals surface area contributed by atoms with Gasteiger partial charge in [-0.15, -0.1) is 0 Å². The zero-order valence-corrected chi connectivity index (χ0v) is 15.6. The standard InChI is InChI=1S/C19H24N2O3S/c1-4-16-10-5-6-11-18(16)21-19(22)12-20-25(23,24)13-17-14(2)8-7-9-15(17)3/h5-11,20H,4,12-13H2,1-3H3,(H,21,22). The van der Waals surface area contributed by atoms with E-state index in [1.54, 1.807) is 0 Å². The summed E-state index contributed by atoms with van der Waals surface area (Å²) in [5.74, 6) is -0.518. The number of para-hydroxylation sites is 1. The van der Waals surface area contributed by atoms with E-state index in [9.17, 15) is 13.2 Å². The number of carbonyl (C=O) groups excluding carboxylic acids is 1. The molecule has 2 aromatic rings. The number of rotatable bonds is 7. The van der Waals surface area contributed by atoms with Crippen LogP contribution < -0.4 is 10.0 Å². The molecule has 0 spiro atoms. The Labute approximate surface area is 149 Å². The lowest BCUT2D eigenvalue weighted by Gasteiger charge is -2.12. The van der Waals surface area contributed by atoms with Gasteiger partial charge in [-0.05, 0) is 48.6 Å². The molecule has 0 aromatic heterocycles. The summed E-state index contributed by atoms with van der Waals surface area (Å²) in [6, 6.07) is 13.1. The second kappa shape index (κ2) is 8.27. The molecule has 0 fully saturated rings. The van der Waals surface area contributed by atoms with Crippen LogP contribution in [0.1, 0.15) is 29.2 Å². The van der Waals surface area contributed by atoms with E-state index in [1.165, 1.54) is 0 Å². The number of carbonyl (C=O) groups is 1. The van der Waals surface area contributed by atoms with Gasteiger partial charge < -0.3 is 5.32 Å². The molecule has 0 atom stereocenters. The summed E-state index contributed by atoms with van der Waals surface area (Å²) in [6.07, 6.45) is 0.786. The Bertz CT molecular complexity index is 840. The van der Waals surface area contributed by atoms with Gasteiger partial charge in [0.1, 0.15) is 0 Å². The Balaban J connectivity index is 1.98. The number of hydrogen-bond donors (Lipinski definition) is 2. The highest BCUT2D eigenvalue weighted by molar-refractivity contribution is 7.88. The van der Waals surface area contributed by atoms with E-state index in [1.807, 2.05) is 63.2 Å². The van der Waals surface area contributed by atoms with Crippen LogP contribution in [0.15, 0.2) is 42.5 Å². The normalized spacial score (nSPS) is 11.3. The molecule has 0 unspecified atom stereocenters. The molecule has 0 aliphatic heterocycles. The lowest BCUT2D eigenvalue weighted by Crippen LogP contribution is -2.34. The topological polar surface area (TPSA) is 75.3 Å². The first-order valence-electron chi connectivity index (χ1n) is 8.22. The molecule has 0 bridgehead atoms. The fraction of sp³-hybridized carbons (Fsp3) is 0.316. The summed E-state index contributed by atoms with van der Waals surface area (Å²) in [6.45, 7) is 5.47. The second-order valence-corrected chi connectivity index (χ2v) is 7.82. The zero-order valence-electron chi connectivity index (χ0n) is 14.8. The molecule has 0 aliphatic rings. The highest BCUT2D eigenvalue weighted by Gasteiger charge is 2.16. The third kappa shape index (κ3) is 5.41. The predicted molar refractivity (Wildman–Crippen MR) is 101 cm³/mol. The highest BCUT2D eigenvalue weighted by atomic mass is 32.2. The minimum atomic E-state index is -3.59. The van der Waals surface area contributed by atoms with Gasteiger partial charge in [-0.25, -0.2) is 13.1 Å². The zero-order chi connectivity index (χ0) is 18.4. The summed E-state index contributed by atoms with van der Waals surface area (Å²) in [5, 5.41) is 2.75. The van der Waals surface area contributed by atoms with Gasteiger partial charge in [-0.3, -0.25) is 4.79 Å². The van der Waals surface area contributed by atoms with E-state index in [-0.39, 0.29) is 18.2 Å². The number of hydrogen-bond acceptors (Lipinski definition) is 3. The second-order valence-electron chi connectivity index (χ2n) is 6.01. The van der Waals surface area contributed by atoms with Crippen molar-refractivity contribution in [2.24, 2.45) is 0 Å². The lowest BCUT2D eigenvalue weighted by atomic mass is 10.1. The number of amides is 1. The maximum atomic E-state index is 12.3. The molecule has 6 heteroatoms. The van der Waals surface area contributed by atoms with Crippen molar-refractivity contribution in [2.45, 2.75) is 32.9 Å². The van der Waals surface area contributed by atoms with Crippen molar-refractivity contribution in [3.05, 3.63) is 64.7 Å². The molecule has 2 aromatic carbocycles. The Hall–Kier alpha value is -2.18. The monoisotopic (exact) mass is 360 g/mol. The van der Waals surface area contributed by atoms with E-state index < -0.39 is 10.0 Å². The Morgan fingerprint density at radius 2 is 1.64 bits per heavy atom. The van der Waals surface area contributed by atoms with Crippen molar-refractivity contribution in [1.82, 2.24) is 4.72 Å². The molecule has 5 nitrogen and oxygen atoms in total. The van der Waals surface area contributed by atoms with Crippen molar-refractivity contribution in [3.8, 4) is 0 Å². The van der Waals surface area contributed by atoms with Crippen LogP contribution >= 0.6 is 0 Å². The molecule has 0 heterocycles. The van der Waals surface area contributed by atoms with Crippen LogP contribution in [0.5, 0.6) is 0 Å². The minimum absolute atomic E-state index is 0.135. The van der Waals surface area contributed by atoms with E-state index in [4.69, 9.17) is 0 Å². The average molecular weight is 360 g/mol. The molecule has 0 saturated carbocycles. The number of sulfonamides is 1. The van der Waals surface area contributed by atoms with Gasteiger partial charge in [0, 0.05) is 5.69 Å². The summed E-state index contributed by atoms with van der Waals surface area (Å²) >= 11 is 0. The molecular weight excluding hydrogens is 336 g/mol. The van der Waals surface area contributed by atoms with Crippen molar-refractivity contribution in [1.29, 1.82) is 0 Å². The summed E-state index contributed by atoms with van der Waals surface area (Å²) in [4.78, 5) is 12.1. The Morgan fingerprint density at radius 3 is 2.28 bits per heavy atom. The SMILES string of the molecule is CCc1ccccc1NC(=O)CNS(=O)(=O)Cc1c(C)cccc1C. The Morgan fingerprint density at radius 1 is 1.00 bits per heavy atom. The quantitative estimate of drug-likeness (QED) is 0.797. The van der Waals surface area contributed by atoms with Crippen molar-refractivity contribution < 1.29 is 13.2 Å². The molecule has 2 rings (SSSR count). The van der Waals surface area contributed by atoms with Gasteiger partial charge in [0.05, 0.1) is 12.3 Å². The van der Waals surface area contributed by atoms with Crippen LogP contribution in [0, 0.1) is 13.8 Å². The number of aryl methyl sites for hydroxylation is 3. The van der Waals surface area contributed by atoms with Crippen LogP contribution in [0.25, 0.3) is 0 Å². The molecule has 25 heavy (non-hydrogen) atoms. The third-order valence-corrected chi connectivity index (χ3v) is 5.36. The van der Waals surface area contributed by atoms with Gasteiger partial charge in [0.15, 0.2) is 0 Å². The smallest absolute Gasteiger partial charge is 0.239 e. The van der Waals surface area contributed by atoms with Gasteiger partial charge in [-0.1, -0.05) is 43.3 Å². The average Bonchev–Trinajstić information content (AvgIpc) is 2.57. The maximum Gasteiger partial charge on any atom is 0.239 e. The maximum absolute atomic E-state index is 12.3. The van der Waals surface area contributed by atoms with Gasteiger partial charge in [0.25, 0.3) is 0 Å². The predicted octanol–water partition coefficient (Wildman–Crippen LogP) is 2.92. The van der Waals surface area contributed by atoms with Crippen LogP contribution in [-0.2, 0) is 27.0 Å². The van der Waals surface area contributed by atoms with Gasteiger partial charge in [-0.2, -0.15) is 0 Å². The van der Waals surface area contributed by atoms with Gasteiger partial charge in [0.2, 0.25) is 15.9 Å². The summed E-state index contributed by atoms with van der Waals surface area (Å²) in [5.41, 5.74) is 4.34. The number of nitrogens with one attached hydrogen (secondary N) is 2. The molecule has 0 radical (unpaired) electrons. The highest BCUT2D eigenvalue weighted by Crippen LogP contribution is 2.17. The van der Waals surface area contributed by atoms with Crippen molar-refractivity contribution >= 4 is 21.6 Å². The van der Waals surface area contributed by atoms with Crippen LogP contribution in [0.4, 0.5) is 5.69 Å². The van der Waals surface area contributed by atoms with Crippen LogP contribution in [-0.4, -0.2) is 20.9 Å². The molecule has 0 saturated heterocycles. The van der Waals surface area contributed by atoms with E-state index in [0.717, 1.165) is 28.7 Å². The third-order valence-electron chi connectivity index (χ3n) is 4.10. The largest absolute Gasteiger partial charge is 0.325 e. The fourth-order valence-corrected chi connectivity index (χ4v) is 3.93. The number of anilines is 1. The fourth-order valence-electron chi connectivity index (χ4n) is 2.64. The van der Waals surface area contributed by atoms with Crippen molar-refractivity contribution in [2.75, 3.05) is 11.9 Å². The van der Waals surface area contributed by atoms with Gasteiger partial charge >= 0.3 is 0 Å².